The molecule has 1 heterocycles. The highest BCUT2D eigenvalue weighted by Crippen LogP contribution is 2.23. The van der Waals surface area contributed by atoms with Crippen molar-refractivity contribution >= 4 is 28.8 Å². The zero-order valence-corrected chi connectivity index (χ0v) is 12.2. The van der Waals surface area contributed by atoms with Gasteiger partial charge in [-0.05, 0) is 23.1 Å². The smallest absolute Gasteiger partial charge is 0.282 e. The maximum absolute atomic E-state index is 12.1. The van der Waals surface area contributed by atoms with Crippen molar-refractivity contribution in [3.63, 3.8) is 0 Å². The van der Waals surface area contributed by atoms with Crippen molar-refractivity contribution in [3.8, 4) is 0 Å². The van der Waals surface area contributed by atoms with Gasteiger partial charge in [-0.15, -0.1) is 10.2 Å². The predicted octanol–water partition coefficient (Wildman–Crippen LogP) is 3.32. The van der Waals surface area contributed by atoms with Gasteiger partial charge in [-0.3, -0.25) is 4.79 Å². The summed E-state index contributed by atoms with van der Waals surface area (Å²) in [5.41, 5.74) is 1.07. The van der Waals surface area contributed by atoms with Crippen molar-refractivity contribution in [3.05, 3.63) is 45.4 Å². The summed E-state index contributed by atoms with van der Waals surface area (Å²) in [5.74, 6) is 0.0293. The molecule has 1 aromatic carbocycles. The first-order chi connectivity index (χ1) is 9.08. The molecule has 0 aliphatic heterocycles. The van der Waals surface area contributed by atoms with Crippen molar-refractivity contribution in [2.24, 2.45) is 5.92 Å². The Labute approximate surface area is 120 Å². The first kappa shape index (κ1) is 14.0. The third-order valence-corrected chi connectivity index (χ3v) is 3.72. The molecule has 0 fully saturated rings. The summed E-state index contributed by atoms with van der Waals surface area (Å²) in [6.45, 7) is 4.12. The third kappa shape index (κ3) is 3.52. The van der Waals surface area contributed by atoms with E-state index in [1.165, 1.54) is 0 Å². The van der Waals surface area contributed by atoms with Gasteiger partial charge in [0.15, 0.2) is 0 Å². The predicted molar refractivity (Wildman–Crippen MR) is 76.4 cm³/mol. The number of carbonyl (C=O) groups excluding carboxylic acids is 1. The van der Waals surface area contributed by atoms with E-state index in [2.05, 4.69) is 29.4 Å². The molecule has 0 bridgehead atoms. The Morgan fingerprint density at radius 3 is 2.47 bits per heavy atom. The quantitative estimate of drug-likeness (QED) is 0.941. The van der Waals surface area contributed by atoms with E-state index in [0.717, 1.165) is 16.9 Å². The second-order valence-corrected chi connectivity index (χ2v) is 6.03. The molecule has 4 nitrogen and oxygen atoms in total. The van der Waals surface area contributed by atoms with Crippen LogP contribution in [0.15, 0.2) is 30.3 Å². The number of carbonyl (C=O) groups is 1. The van der Waals surface area contributed by atoms with E-state index in [0.29, 0.717) is 0 Å². The summed E-state index contributed by atoms with van der Waals surface area (Å²) in [6, 6.07) is 9.80. The third-order valence-electron chi connectivity index (χ3n) is 2.71. The number of nitrogens with one attached hydrogen (secondary N) is 1. The maximum Gasteiger partial charge on any atom is 0.282 e. The summed E-state index contributed by atoms with van der Waals surface area (Å²) in [5, 5.41) is 10.6. The molecule has 6 heteroatoms. The topological polar surface area (TPSA) is 54.9 Å². The van der Waals surface area contributed by atoms with Crippen molar-refractivity contribution in [2.75, 3.05) is 0 Å². The SMILES string of the molecule is CC(C)C(NC(=O)c1nnc(Cl)s1)c1ccccc1. The van der Waals surface area contributed by atoms with E-state index in [1.807, 2.05) is 30.3 Å². The number of rotatable bonds is 4. The molecule has 1 N–H and O–H groups in total. The second kappa shape index (κ2) is 6.12. The zero-order valence-electron chi connectivity index (χ0n) is 10.6. The fourth-order valence-corrected chi connectivity index (χ4v) is 2.53. The molecule has 0 aliphatic carbocycles. The van der Waals surface area contributed by atoms with E-state index < -0.39 is 0 Å². The van der Waals surface area contributed by atoms with Crippen LogP contribution in [0.25, 0.3) is 0 Å². The minimum Gasteiger partial charge on any atom is -0.343 e. The van der Waals surface area contributed by atoms with Crippen LogP contribution in [-0.2, 0) is 0 Å². The summed E-state index contributed by atoms with van der Waals surface area (Å²) in [4.78, 5) is 12.1. The number of amides is 1. The van der Waals surface area contributed by atoms with Crippen molar-refractivity contribution in [1.82, 2.24) is 15.5 Å². The summed E-state index contributed by atoms with van der Waals surface area (Å²) in [6.07, 6.45) is 0. The first-order valence-corrected chi connectivity index (χ1v) is 7.12. The highest BCUT2D eigenvalue weighted by molar-refractivity contribution is 7.17. The minimum atomic E-state index is -0.244. The van der Waals surface area contributed by atoms with Crippen LogP contribution in [0.3, 0.4) is 0 Å². The van der Waals surface area contributed by atoms with Gasteiger partial charge in [0.2, 0.25) is 9.47 Å². The van der Waals surface area contributed by atoms with Crippen LogP contribution >= 0.6 is 22.9 Å². The highest BCUT2D eigenvalue weighted by atomic mass is 35.5. The molecular weight excluding hydrogens is 282 g/mol. The van der Waals surface area contributed by atoms with E-state index in [4.69, 9.17) is 11.6 Å². The molecule has 0 saturated carbocycles. The van der Waals surface area contributed by atoms with Crippen LogP contribution in [0.4, 0.5) is 0 Å². The Bertz CT molecular complexity index is 556. The fraction of sp³-hybridized carbons (Fsp3) is 0.308. The molecule has 19 heavy (non-hydrogen) atoms. The number of nitrogens with zero attached hydrogens (tertiary/aromatic N) is 2. The van der Waals surface area contributed by atoms with Crippen molar-refractivity contribution in [1.29, 1.82) is 0 Å². The average Bonchev–Trinajstić information content (AvgIpc) is 2.83. The van der Waals surface area contributed by atoms with Gasteiger partial charge in [0.1, 0.15) is 0 Å². The molecular formula is C13H14ClN3OS. The largest absolute Gasteiger partial charge is 0.343 e. The van der Waals surface area contributed by atoms with E-state index >= 15 is 0 Å². The van der Waals surface area contributed by atoms with Gasteiger partial charge in [0.25, 0.3) is 5.91 Å². The van der Waals surface area contributed by atoms with Crippen LogP contribution in [0.2, 0.25) is 4.47 Å². The normalized spacial score (nSPS) is 12.4. The molecule has 0 radical (unpaired) electrons. The lowest BCUT2D eigenvalue weighted by Crippen LogP contribution is -2.31. The zero-order chi connectivity index (χ0) is 13.8. The standard InChI is InChI=1S/C13H14ClN3OS/c1-8(2)10(9-6-4-3-5-7-9)15-11(18)12-16-17-13(14)19-12/h3-8,10H,1-2H3,(H,15,18). The van der Waals surface area contributed by atoms with Gasteiger partial charge in [-0.1, -0.05) is 55.5 Å². The van der Waals surface area contributed by atoms with Gasteiger partial charge in [-0.25, -0.2) is 0 Å². The molecule has 100 valence electrons. The van der Waals surface area contributed by atoms with Crippen LogP contribution in [0.1, 0.15) is 35.3 Å². The fourth-order valence-electron chi connectivity index (χ4n) is 1.80. The van der Waals surface area contributed by atoms with Crippen molar-refractivity contribution in [2.45, 2.75) is 19.9 Å². The van der Waals surface area contributed by atoms with Crippen LogP contribution < -0.4 is 5.32 Å². The van der Waals surface area contributed by atoms with E-state index in [9.17, 15) is 4.79 Å². The number of halogens is 1. The number of aromatic nitrogens is 2. The Hall–Kier alpha value is -1.46. The lowest BCUT2D eigenvalue weighted by atomic mass is 9.96. The van der Waals surface area contributed by atoms with E-state index in [1.54, 1.807) is 0 Å². The Kier molecular flexibility index (Phi) is 4.50. The van der Waals surface area contributed by atoms with Gasteiger partial charge >= 0.3 is 0 Å². The van der Waals surface area contributed by atoms with Gasteiger partial charge in [-0.2, -0.15) is 0 Å². The summed E-state index contributed by atoms with van der Waals surface area (Å²) in [7, 11) is 0. The van der Waals surface area contributed by atoms with Crippen LogP contribution in [-0.4, -0.2) is 16.1 Å². The molecule has 0 spiro atoms. The number of hydrogen-bond donors (Lipinski definition) is 1. The first-order valence-electron chi connectivity index (χ1n) is 5.92. The monoisotopic (exact) mass is 295 g/mol. The Morgan fingerprint density at radius 2 is 1.95 bits per heavy atom. The number of hydrogen-bond acceptors (Lipinski definition) is 4. The average molecular weight is 296 g/mol. The molecule has 2 rings (SSSR count). The lowest BCUT2D eigenvalue weighted by Gasteiger charge is -2.22. The van der Waals surface area contributed by atoms with E-state index in [-0.39, 0.29) is 27.3 Å². The number of benzene rings is 1. The van der Waals surface area contributed by atoms with Gasteiger partial charge < -0.3 is 5.32 Å². The molecule has 1 aromatic heterocycles. The van der Waals surface area contributed by atoms with Crippen LogP contribution in [0.5, 0.6) is 0 Å². The molecule has 1 atom stereocenters. The summed E-state index contributed by atoms with van der Waals surface area (Å²) < 4.78 is 0.269. The lowest BCUT2D eigenvalue weighted by molar-refractivity contribution is 0.0924. The second-order valence-electron chi connectivity index (χ2n) is 4.47. The van der Waals surface area contributed by atoms with Gasteiger partial charge in [0.05, 0.1) is 6.04 Å². The minimum absolute atomic E-state index is 0.0589. The van der Waals surface area contributed by atoms with Crippen molar-refractivity contribution < 1.29 is 4.79 Å². The summed E-state index contributed by atoms with van der Waals surface area (Å²) >= 11 is 6.76. The molecule has 1 unspecified atom stereocenters. The molecule has 0 aliphatic rings. The molecule has 0 saturated heterocycles. The Morgan fingerprint density at radius 1 is 1.26 bits per heavy atom. The van der Waals surface area contributed by atoms with Crippen LogP contribution in [0, 0.1) is 5.92 Å². The molecule has 1 amide bonds. The molecule has 2 aromatic rings. The Balaban J connectivity index is 2.16. The maximum atomic E-state index is 12.1. The highest BCUT2D eigenvalue weighted by Gasteiger charge is 2.21. The van der Waals surface area contributed by atoms with Gasteiger partial charge in [0, 0.05) is 0 Å².